The van der Waals surface area contributed by atoms with E-state index >= 15 is 0 Å². The first-order chi connectivity index (χ1) is 16.8. The van der Waals surface area contributed by atoms with Gasteiger partial charge >= 0.3 is 0 Å². The van der Waals surface area contributed by atoms with E-state index in [1.165, 1.54) is 18.1 Å². The number of aliphatic hydroxyl groups excluding tert-OH is 1. The Bertz CT molecular complexity index is 1330. The van der Waals surface area contributed by atoms with Crippen LogP contribution in [-0.4, -0.2) is 35.6 Å². The molecule has 2 N–H and O–H groups in total. The van der Waals surface area contributed by atoms with Gasteiger partial charge in [-0.25, -0.2) is 0 Å². The summed E-state index contributed by atoms with van der Waals surface area (Å²) in [5.74, 6) is -1.28. The fraction of sp³-hybridized carbons (Fsp3) is 0.185. The summed E-state index contributed by atoms with van der Waals surface area (Å²) in [6.45, 7) is 3.88. The number of halogens is 1. The zero-order valence-corrected chi connectivity index (χ0v) is 20.2. The van der Waals surface area contributed by atoms with Crippen molar-refractivity contribution < 1.29 is 29.3 Å². The lowest BCUT2D eigenvalue weighted by atomic mass is 9.94. The van der Waals surface area contributed by atoms with E-state index in [2.05, 4.69) is 0 Å². The third-order valence-electron chi connectivity index (χ3n) is 5.84. The molecule has 0 saturated carbocycles. The highest BCUT2D eigenvalue weighted by molar-refractivity contribution is 6.52. The van der Waals surface area contributed by atoms with Crippen LogP contribution in [-0.2, 0) is 9.59 Å². The van der Waals surface area contributed by atoms with Gasteiger partial charge in [0.25, 0.3) is 11.7 Å². The predicted octanol–water partition coefficient (Wildman–Crippen LogP) is 5.39. The molecule has 1 atom stereocenters. The van der Waals surface area contributed by atoms with Gasteiger partial charge in [-0.2, -0.15) is 0 Å². The average molecular weight is 494 g/mol. The SMILES string of the molecule is CCOc1cc(C2/C(=C(\O)c3ccc(OC)cc3)C(=O)C(=O)N2c2cc(Cl)ccc2C)ccc1O. The smallest absolute Gasteiger partial charge is 0.300 e. The monoisotopic (exact) mass is 493 g/mol. The van der Waals surface area contributed by atoms with Crippen LogP contribution in [0.4, 0.5) is 5.69 Å². The molecule has 0 radical (unpaired) electrons. The molecule has 4 rings (SSSR count). The van der Waals surface area contributed by atoms with Gasteiger partial charge < -0.3 is 19.7 Å². The number of amides is 1. The maximum Gasteiger partial charge on any atom is 0.300 e. The summed E-state index contributed by atoms with van der Waals surface area (Å²) in [6.07, 6.45) is 0. The van der Waals surface area contributed by atoms with E-state index in [4.69, 9.17) is 21.1 Å². The number of nitrogens with zero attached hydrogens (tertiary/aromatic N) is 1. The van der Waals surface area contributed by atoms with Crippen molar-refractivity contribution in [2.75, 3.05) is 18.6 Å². The number of ether oxygens (including phenoxy) is 2. The Balaban J connectivity index is 1.97. The summed E-state index contributed by atoms with van der Waals surface area (Å²) in [5.41, 5.74) is 1.88. The number of phenolic OH excluding ortho intramolecular Hbond substituents is 1. The summed E-state index contributed by atoms with van der Waals surface area (Å²) in [5, 5.41) is 21.9. The number of aromatic hydroxyl groups is 1. The van der Waals surface area contributed by atoms with Crippen LogP contribution in [0.3, 0.4) is 0 Å². The topological polar surface area (TPSA) is 96.3 Å². The number of aliphatic hydroxyl groups is 1. The van der Waals surface area contributed by atoms with Crippen LogP contribution in [0.2, 0.25) is 5.02 Å². The molecule has 0 bridgehead atoms. The van der Waals surface area contributed by atoms with Crippen LogP contribution in [0, 0.1) is 6.92 Å². The van der Waals surface area contributed by atoms with Crippen molar-refractivity contribution >= 4 is 34.7 Å². The van der Waals surface area contributed by atoms with Crippen LogP contribution < -0.4 is 14.4 Å². The number of hydrogen-bond acceptors (Lipinski definition) is 6. The van der Waals surface area contributed by atoms with Crippen LogP contribution in [0.15, 0.2) is 66.2 Å². The van der Waals surface area contributed by atoms with Gasteiger partial charge in [0.15, 0.2) is 11.5 Å². The van der Waals surface area contributed by atoms with E-state index in [9.17, 15) is 19.8 Å². The molecule has 1 saturated heterocycles. The summed E-state index contributed by atoms with van der Waals surface area (Å²) in [4.78, 5) is 28.0. The highest BCUT2D eigenvalue weighted by Gasteiger charge is 2.47. The van der Waals surface area contributed by atoms with Gasteiger partial charge in [-0.05, 0) is 73.5 Å². The van der Waals surface area contributed by atoms with Crippen LogP contribution in [0.5, 0.6) is 17.2 Å². The number of aryl methyl sites for hydroxylation is 1. The molecule has 3 aromatic rings. The third-order valence-corrected chi connectivity index (χ3v) is 6.07. The van der Waals surface area contributed by atoms with E-state index in [1.54, 1.807) is 68.4 Å². The molecule has 1 aliphatic heterocycles. The number of hydrogen-bond donors (Lipinski definition) is 2. The average Bonchev–Trinajstić information content (AvgIpc) is 3.12. The van der Waals surface area contributed by atoms with Gasteiger partial charge in [0.05, 0.1) is 25.3 Å². The summed E-state index contributed by atoms with van der Waals surface area (Å²) < 4.78 is 10.7. The second-order valence-electron chi connectivity index (χ2n) is 7.99. The van der Waals surface area contributed by atoms with E-state index < -0.39 is 17.7 Å². The molecule has 180 valence electrons. The zero-order valence-electron chi connectivity index (χ0n) is 19.4. The van der Waals surface area contributed by atoms with Gasteiger partial charge in [-0.15, -0.1) is 0 Å². The maximum absolute atomic E-state index is 13.4. The van der Waals surface area contributed by atoms with Gasteiger partial charge in [-0.1, -0.05) is 23.7 Å². The van der Waals surface area contributed by atoms with Crippen molar-refractivity contribution in [3.63, 3.8) is 0 Å². The van der Waals surface area contributed by atoms with E-state index in [0.717, 1.165) is 5.56 Å². The van der Waals surface area contributed by atoms with Crippen LogP contribution in [0.25, 0.3) is 5.76 Å². The minimum Gasteiger partial charge on any atom is -0.507 e. The Hall–Kier alpha value is -3.97. The Morgan fingerprint density at radius 2 is 1.77 bits per heavy atom. The molecule has 1 unspecified atom stereocenters. The molecule has 1 aliphatic rings. The fourth-order valence-corrected chi connectivity index (χ4v) is 4.28. The number of carbonyl (C=O) groups is 2. The van der Waals surface area contributed by atoms with Crippen molar-refractivity contribution in [1.29, 1.82) is 0 Å². The van der Waals surface area contributed by atoms with Crippen molar-refractivity contribution in [1.82, 2.24) is 0 Å². The molecule has 3 aromatic carbocycles. The Kier molecular flexibility index (Phi) is 6.71. The van der Waals surface area contributed by atoms with Crippen molar-refractivity contribution in [2.45, 2.75) is 19.9 Å². The minimum absolute atomic E-state index is 0.0818. The van der Waals surface area contributed by atoms with Crippen molar-refractivity contribution in [3.05, 3.63) is 87.9 Å². The van der Waals surface area contributed by atoms with E-state index in [-0.39, 0.29) is 22.8 Å². The number of anilines is 1. The van der Waals surface area contributed by atoms with E-state index in [1.807, 2.05) is 0 Å². The number of benzene rings is 3. The molecular formula is C27H24ClNO6. The summed E-state index contributed by atoms with van der Waals surface area (Å²) in [7, 11) is 1.52. The Morgan fingerprint density at radius 1 is 1.06 bits per heavy atom. The third kappa shape index (κ3) is 4.42. The fourth-order valence-electron chi connectivity index (χ4n) is 4.11. The largest absolute Gasteiger partial charge is 0.507 e. The highest BCUT2D eigenvalue weighted by Crippen LogP contribution is 2.45. The number of Topliss-reactive ketones (excluding diaryl/α,β-unsaturated/α-hetero) is 1. The van der Waals surface area contributed by atoms with Gasteiger partial charge in [0.2, 0.25) is 0 Å². The van der Waals surface area contributed by atoms with E-state index in [0.29, 0.717) is 34.2 Å². The molecule has 0 aliphatic carbocycles. The molecule has 0 spiro atoms. The molecule has 0 aromatic heterocycles. The number of methoxy groups -OCH3 is 1. The zero-order chi connectivity index (χ0) is 25.3. The Labute approximate surface area is 207 Å². The summed E-state index contributed by atoms with van der Waals surface area (Å²) in [6, 6.07) is 15.1. The standard InChI is InChI=1S/C27H24ClNO6/c1-4-35-22-13-17(8-12-21(22)30)24-23(25(31)16-6-10-19(34-3)11-7-16)26(32)27(33)29(24)20-14-18(28)9-5-15(20)2/h5-14,24,30-31H,4H2,1-3H3/b25-23+. The lowest BCUT2D eigenvalue weighted by Crippen LogP contribution is -2.30. The van der Waals surface area contributed by atoms with Crippen molar-refractivity contribution in [3.8, 4) is 17.2 Å². The lowest BCUT2D eigenvalue weighted by molar-refractivity contribution is -0.132. The van der Waals surface area contributed by atoms with Crippen molar-refractivity contribution in [2.24, 2.45) is 0 Å². The van der Waals surface area contributed by atoms with Gasteiger partial charge in [-0.3, -0.25) is 14.5 Å². The number of rotatable bonds is 6. The van der Waals surface area contributed by atoms with Gasteiger partial charge in [0, 0.05) is 16.3 Å². The number of ketones is 1. The maximum atomic E-state index is 13.4. The Morgan fingerprint density at radius 3 is 2.43 bits per heavy atom. The summed E-state index contributed by atoms with van der Waals surface area (Å²) >= 11 is 6.23. The minimum atomic E-state index is -0.992. The van der Waals surface area contributed by atoms with Crippen LogP contribution >= 0.6 is 11.6 Å². The molecule has 1 fully saturated rings. The number of carbonyl (C=O) groups excluding carboxylic acids is 2. The first-order valence-corrected chi connectivity index (χ1v) is 11.3. The predicted molar refractivity (Wildman–Crippen MR) is 133 cm³/mol. The molecular weight excluding hydrogens is 470 g/mol. The molecule has 35 heavy (non-hydrogen) atoms. The quantitative estimate of drug-likeness (QED) is 0.271. The molecule has 7 nitrogen and oxygen atoms in total. The molecule has 1 amide bonds. The normalized spacial score (nSPS) is 17.0. The van der Waals surface area contributed by atoms with Crippen LogP contribution in [0.1, 0.15) is 29.7 Å². The second kappa shape index (κ2) is 9.72. The second-order valence-corrected chi connectivity index (χ2v) is 8.43. The molecule has 1 heterocycles. The number of phenols is 1. The lowest BCUT2D eigenvalue weighted by Gasteiger charge is -2.27. The highest BCUT2D eigenvalue weighted by atomic mass is 35.5. The van der Waals surface area contributed by atoms with Gasteiger partial charge in [0.1, 0.15) is 11.5 Å². The first kappa shape index (κ1) is 24.2. The molecule has 8 heteroatoms. The first-order valence-electron chi connectivity index (χ1n) is 10.9.